The van der Waals surface area contributed by atoms with E-state index in [0.29, 0.717) is 30.2 Å². The van der Waals surface area contributed by atoms with Crippen LogP contribution in [0.1, 0.15) is 10.4 Å². The van der Waals surface area contributed by atoms with Gasteiger partial charge in [0.2, 0.25) is 6.79 Å². The Bertz CT molecular complexity index is 441. The lowest BCUT2D eigenvalue weighted by molar-refractivity contribution is 0.0607. The molecule has 2 heterocycles. The summed E-state index contributed by atoms with van der Waals surface area (Å²) >= 11 is 0. The van der Waals surface area contributed by atoms with E-state index in [-0.39, 0.29) is 18.7 Å². The molecule has 2 N–H and O–H groups in total. The van der Waals surface area contributed by atoms with Crippen molar-refractivity contribution in [3.8, 4) is 11.5 Å². The molecule has 1 amide bonds. The zero-order valence-corrected chi connectivity index (χ0v) is 8.68. The summed E-state index contributed by atoms with van der Waals surface area (Å²) in [7, 11) is 0. The molecule has 5 nitrogen and oxygen atoms in total. The summed E-state index contributed by atoms with van der Waals surface area (Å²) in [6.45, 7) is 1.49. The molecule has 0 aromatic heterocycles. The number of nitrogens with two attached hydrogens (primary N) is 1. The third kappa shape index (κ3) is 1.40. The van der Waals surface area contributed by atoms with E-state index in [2.05, 4.69) is 0 Å². The summed E-state index contributed by atoms with van der Waals surface area (Å²) in [6.07, 6.45) is 0. The Morgan fingerprint density at radius 2 is 2.06 bits per heavy atom. The predicted molar refractivity (Wildman–Crippen MR) is 56.4 cm³/mol. The molecule has 0 radical (unpaired) electrons. The van der Waals surface area contributed by atoms with Crippen molar-refractivity contribution in [3.05, 3.63) is 23.8 Å². The summed E-state index contributed by atoms with van der Waals surface area (Å²) in [5, 5.41) is 0. The highest BCUT2D eigenvalue weighted by Gasteiger charge is 2.29. The predicted octanol–water partition coefficient (Wildman–Crippen LogP) is 0.198. The molecule has 1 fully saturated rings. The summed E-state index contributed by atoms with van der Waals surface area (Å²) in [6, 6.07) is 5.35. The number of amides is 1. The van der Waals surface area contributed by atoms with Crippen LogP contribution in [-0.4, -0.2) is 36.7 Å². The largest absolute Gasteiger partial charge is 0.454 e. The molecule has 3 rings (SSSR count). The fraction of sp³-hybridized carbons (Fsp3) is 0.364. The van der Waals surface area contributed by atoms with E-state index in [4.69, 9.17) is 15.2 Å². The average Bonchev–Trinajstić information content (AvgIpc) is 2.70. The minimum absolute atomic E-state index is 0.000000000000000444. The molecule has 16 heavy (non-hydrogen) atoms. The van der Waals surface area contributed by atoms with Crippen molar-refractivity contribution in [1.29, 1.82) is 0 Å². The van der Waals surface area contributed by atoms with Gasteiger partial charge in [0.15, 0.2) is 11.5 Å². The monoisotopic (exact) mass is 220 g/mol. The van der Waals surface area contributed by atoms with Crippen LogP contribution in [0.3, 0.4) is 0 Å². The van der Waals surface area contributed by atoms with Crippen molar-refractivity contribution in [2.24, 2.45) is 5.73 Å². The van der Waals surface area contributed by atoms with Crippen molar-refractivity contribution >= 4 is 5.91 Å². The third-order valence-corrected chi connectivity index (χ3v) is 2.82. The first kappa shape index (κ1) is 9.47. The molecule has 0 spiro atoms. The molecular weight excluding hydrogens is 208 g/mol. The molecule has 1 saturated heterocycles. The fourth-order valence-electron chi connectivity index (χ4n) is 1.89. The SMILES string of the molecule is NC1CN(C(=O)c2ccc3c(c2)OCO3)C1. The molecule has 0 bridgehead atoms. The summed E-state index contributed by atoms with van der Waals surface area (Å²) in [5.74, 6) is 1.33. The Balaban J connectivity index is 1.82. The van der Waals surface area contributed by atoms with Gasteiger partial charge >= 0.3 is 0 Å². The number of hydrogen-bond donors (Lipinski definition) is 1. The van der Waals surface area contributed by atoms with Crippen LogP contribution in [0, 0.1) is 0 Å². The Morgan fingerprint density at radius 3 is 2.81 bits per heavy atom. The van der Waals surface area contributed by atoms with Crippen LogP contribution >= 0.6 is 0 Å². The highest BCUT2D eigenvalue weighted by molar-refractivity contribution is 5.95. The van der Waals surface area contributed by atoms with Crippen molar-refractivity contribution in [2.75, 3.05) is 19.9 Å². The zero-order valence-electron chi connectivity index (χ0n) is 8.68. The normalized spacial score (nSPS) is 18.4. The van der Waals surface area contributed by atoms with Gasteiger partial charge in [-0.1, -0.05) is 0 Å². The molecule has 1 aromatic carbocycles. The van der Waals surface area contributed by atoms with Crippen molar-refractivity contribution in [2.45, 2.75) is 6.04 Å². The van der Waals surface area contributed by atoms with Crippen LogP contribution in [0.25, 0.3) is 0 Å². The standard InChI is InChI=1S/C11H12N2O3/c12-8-4-13(5-8)11(14)7-1-2-9-10(3-7)16-6-15-9/h1-3,8H,4-6,12H2. The maximum absolute atomic E-state index is 11.9. The van der Waals surface area contributed by atoms with E-state index in [0.717, 1.165) is 0 Å². The Kier molecular flexibility index (Phi) is 2.00. The lowest BCUT2D eigenvalue weighted by Crippen LogP contribution is -2.57. The van der Waals surface area contributed by atoms with Crippen LogP contribution in [0.4, 0.5) is 0 Å². The van der Waals surface area contributed by atoms with Crippen LogP contribution < -0.4 is 15.2 Å². The topological polar surface area (TPSA) is 64.8 Å². The second kappa shape index (κ2) is 3.38. The number of rotatable bonds is 1. The van der Waals surface area contributed by atoms with Gasteiger partial charge in [0, 0.05) is 24.7 Å². The van der Waals surface area contributed by atoms with Crippen LogP contribution in [0.15, 0.2) is 18.2 Å². The maximum atomic E-state index is 11.9. The van der Waals surface area contributed by atoms with Crippen molar-refractivity contribution in [3.63, 3.8) is 0 Å². The fourth-order valence-corrected chi connectivity index (χ4v) is 1.89. The van der Waals surface area contributed by atoms with Gasteiger partial charge in [-0.25, -0.2) is 0 Å². The lowest BCUT2D eigenvalue weighted by atomic mass is 10.1. The molecule has 0 saturated carbocycles. The molecule has 5 heteroatoms. The van der Waals surface area contributed by atoms with E-state index in [1.54, 1.807) is 23.1 Å². The van der Waals surface area contributed by atoms with E-state index < -0.39 is 0 Å². The van der Waals surface area contributed by atoms with Gasteiger partial charge in [0.05, 0.1) is 0 Å². The molecule has 0 aliphatic carbocycles. The van der Waals surface area contributed by atoms with Gasteiger partial charge < -0.3 is 20.1 Å². The second-order valence-corrected chi connectivity index (χ2v) is 4.04. The highest BCUT2D eigenvalue weighted by atomic mass is 16.7. The first-order valence-corrected chi connectivity index (χ1v) is 5.18. The molecule has 2 aliphatic heterocycles. The highest BCUT2D eigenvalue weighted by Crippen LogP contribution is 2.33. The van der Waals surface area contributed by atoms with Gasteiger partial charge in [-0.05, 0) is 18.2 Å². The Hall–Kier alpha value is -1.75. The lowest BCUT2D eigenvalue weighted by Gasteiger charge is -2.36. The first-order valence-electron chi connectivity index (χ1n) is 5.18. The average molecular weight is 220 g/mol. The second-order valence-electron chi connectivity index (χ2n) is 4.04. The molecule has 1 aromatic rings. The van der Waals surface area contributed by atoms with Gasteiger partial charge in [0.1, 0.15) is 0 Å². The minimum atomic E-state index is 0.000000000000000444. The molecular formula is C11H12N2O3. The number of hydrogen-bond acceptors (Lipinski definition) is 4. The first-order chi connectivity index (χ1) is 7.74. The number of likely N-dealkylation sites (tertiary alicyclic amines) is 1. The number of fused-ring (bicyclic) bond motifs is 1. The summed E-state index contributed by atoms with van der Waals surface area (Å²) in [5.41, 5.74) is 6.26. The molecule has 2 aliphatic rings. The van der Waals surface area contributed by atoms with Gasteiger partial charge in [-0.15, -0.1) is 0 Å². The Morgan fingerprint density at radius 1 is 1.31 bits per heavy atom. The third-order valence-electron chi connectivity index (χ3n) is 2.82. The van der Waals surface area contributed by atoms with Crippen LogP contribution in [-0.2, 0) is 0 Å². The summed E-state index contributed by atoms with van der Waals surface area (Å²) in [4.78, 5) is 13.7. The zero-order chi connectivity index (χ0) is 11.1. The number of nitrogens with zero attached hydrogens (tertiary/aromatic N) is 1. The van der Waals surface area contributed by atoms with Crippen LogP contribution in [0.2, 0.25) is 0 Å². The van der Waals surface area contributed by atoms with E-state index >= 15 is 0 Å². The molecule has 84 valence electrons. The maximum Gasteiger partial charge on any atom is 0.254 e. The number of benzene rings is 1. The summed E-state index contributed by atoms with van der Waals surface area (Å²) < 4.78 is 10.4. The van der Waals surface area contributed by atoms with E-state index in [9.17, 15) is 4.79 Å². The molecule has 0 unspecified atom stereocenters. The minimum Gasteiger partial charge on any atom is -0.454 e. The van der Waals surface area contributed by atoms with Gasteiger partial charge in [0.25, 0.3) is 5.91 Å². The van der Waals surface area contributed by atoms with Gasteiger partial charge in [-0.3, -0.25) is 4.79 Å². The molecule has 0 atom stereocenters. The smallest absolute Gasteiger partial charge is 0.254 e. The van der Waals surface area contributed by atoms with Crippen LogP contribution in [0.5, 0.6) is 11.5 Å². The quantitative estimate of drug-likeness (QED) is 0.734. The van der Waals surface area contributed by atoms with Gasteiger partial charge in [-0.2, -0.15) is 0 Å². The van der Waals surface area contributed by atoms with Crippen molar-refractivity contribution in [1.82, 2.24) is 4.90 Å². The number of carbonyl (C=O) groups is 1. The van der Waals surface area contributed by atoms with Crippen molar-refractivity contribution < 1.29 is 14.3 Å². The van der Waals surface area contributed by atoms with E-state index in [1.165, 1.54) is 0 Å². The number of ether oxygens (including phenoxy) is 2. The number of carbonyl (C=O) groups excluding carboxylic acids is 1. The Labute approximate surface area is 92.7 Å². The van der Waals surface area contributed by atoms with E-state index in [1.807, 2.05) is 0 Å².